The van der Waals surface area contributed by atoms with Crippen molar-refractivity contribution >= 4 is 0 Å². The number of hydrazine groups is 1. The van der Waals surface area contributed by atoms with Crippen LogP contribution in [0.2, 0.25) is 0 Å². The summed E-state index contributed by atoms with van der Waals surface area (Å²) in [6.07, 6.45) is 2.79. The summed E-state index contributed by atoms with van der Waals surface area (Å²) in [6, 6.07) is 10.1. The number of aryl methyl sites for hydroxylation is 1. The van der Waals surface area contributed by atoms with Gasteiger partial charge in [-0.2, -0.15) is 0 Å². The summed E-state index contributed by atoms with van der Waals surface area (Å²) in [6.45, 7) is 0.444. The van der Waals surface area contributed by atoms with Gasteiger partial charge in [0.1, 0.15) is 0 Å². The molecule has 4 heteroatoms. The van der Waals surface area contributed by atoms with E-state index in [0.29, 0.717) is 6.54 Å². The van der Waals surface area contributed by atoms with E-state index in [1.807, 2.05) is 18.2 Å². The maximum atomic E-state index is 9.93. The maximum Gasteiger partial charge on any atom is 0.157 e. The first-order valence-electron chi connectivity index (χ1n) is 4.71. The zero-order chi connectivity index (χ0) is 10.2. The second-order valence-corrected chi connectivity index (χ2v) is 3.11. The van der Waals surface area contributed by atoms with Gasteiger partial charge >= 0.3 is 0 Å². The van der Waals surface area contributed by atoms with Crippen molar-refractivity contribution in [2.75, 3.05) is 6.54 Å². The van der Waals surface area contributed by atoms with Crippen molar-refractivity contribution < 1.29 is 5.03 Å². The summed E-state index contributed by atoms with van der Waals surface area (Å²) in [5, 5.41) is 9.43. The van der Waals surface area contributed by atoms with Gasteiger partial charge in [-0.25, -0.2) is 10.1 Å². The molecule has 0 bridgehead atoms. The fraction of sp³-hybridized carbons (Fsp3) is 0.400. The van der Waals surface area contributed by atoms with Gasteiger partial charge in [-0.1, -0.05) is 30.3 Å². The van der Waals surface area contributed by atoms with Gasteiger partial charge in [0.25, 0.3) is 0 Å². The van der Waals surface area contributed by atoms with Crippen LogP contribution in [0.3, 0.4) is 0 Å². The van der Waals surface area contributed by atoms with E-state index in [0.717, 1.165) is 19.3 Å². The molecule has 14 heavy (non-hydrogen) atoms. The van der Waals surface area contributed by atoms with Crippen molar-refractivity contribution in [3.63, 3.8) is 0 Å². The lowest BCUT2D eigenvalue weighted by Crippen LogP contribution is -2.22. The molecule has 0 fully saturated rings. The van der Waals surface area contributed by atoms with E-state index in [-0.39, 0.29) is 0 Å². The van der Waals surface area contributed by atoms with E-state index in [2.05, 4.69) is 17.6 Å². The number of unbranched alkanes of at least 4 members (excludes halogenated alkanes) is 1. The Kier molecular flexibility index (Phi) is 4.47. The summed E-state index contributed by atoms with van der Waals surface area (Å²) < 4.78 is 0. The zero-order valence-electron chi connectivity index (χ0n) is 7.98. The number of nitrogens with zero attached hydrogens (tertiary/aromatic N) is 1. The SMILES string of the molecule is O=[N+]([O-])NCCCCc1ccccc1. The highest BCUT2D eigenvalue weighted by Crippen LogP contribution is 2.03. The highest BCUT2D eigenvalue weighted by atomic mass is 16.7. The standard InChI is InChI=1S/C10H14N2O2/c13-12(14)11-9-5-4-8-10-6-2-1-3-7-10/h1-3,6-7,11H,4-5,8-9H2. The van der Waals surface area contributed by atoms with E-state index in [4.69, 9.17) is 0 Å². The summed E-state index contributed by atoms with van der Waals surface area (Å²) in [5.41, 5.74) is 3.44. The van der Waals surface area contributed by atoms with Crippen molar-refractivity contribution in [1.82, 2.24) is 5.43 Å². The van der Waals surface area contributed by atoms with Crippen LogP contribution in [0.5, 0.6) is 0 Å². The molecular weight excluding hydrogens is 180 g/mol. The Bertz CT molecular complexity index is 275. The van der Waals surface area contributed by atoms with E-state index in [1.54, 1.807) is 0 Å². The molecule has 0 aliphatic heterocycles. The molecule has 1 rings (SSSR count). The van der Waals surface area contributed by atoms with Crippen molar-refractivity contribution in [3.05, 3.63) is 46.0 Å². The minimum absolute atomic E-state index is 0.444. The third kappa shape index (κ3) is 4.45. The Morgan fingerprint density at radius 3 is 2.57 bits per heavy atom. The minimum atomic E-state index is -0.498. The molecule has 0 aromatic heterocycles. The van der Waals surface area contributed by atoms with Crippen LogP contribution < -0.4 is 5.43 Å². The Labute approximate surface area is 83.1 Å². The molecule has 0 saturated heterocycles. The zero-order valence-corrected chi connectivity index (χ0v) is 7.98. The van der Waals surface area contributed by atoms with Crippen LogP contribution in [0.4, 0.5) is 0 Å². The third-order valence-electron chi connectivity index (χ3n) is 1.98. The lowest BCUT2D eigenvalue weighted by molar-refractivity contribution is -0.544. The van der Waals surface area contributed by atoms with E-state index < -0.39 is 5.03 Å². The van der Waals surface area contributed by atoms with Crippen LogP contribution in [0.25, 0.3) is 0 Å². The average Bonchev–Trinajstić information content (AvgIpc) is 2.18. The van der Waals surface area contributed by atoms with Gasteiger partial charge in [0.05, 0.1) is 6.54 Å². The molecule has 0 unspecified atom stereocenters. The molecule has 0 atom stereocenters. The smallest absolute Gasteiger partial charge is 0.157 e. The Morgan fingerprint density at radius 1 is 1.21 bits per heavy atom. The summed E-state index contributed by atoms with van der Waals surface area (Å²) in [7, 11) is 0. The maximum absolute atomic E-state index is 9.93. The highest BCUT2D eigenvalue weighted by Gasteiger charge is 1.95. The van der Waals surface area contributed by atoms with Gasteiger partial charge in [-0.3, -0.25) is 0 Å². The predicted molar refractivity (Wildman–Crippen MR) is 54.4 cm³/mol. The number of hydrogen-bond acceptors (Lipinski definition) is 2. The van der Waals surface area contributed by atoms with Gasteiger partial charge in [0.15, 0.2) is 5.03 Å². The lowest BCUT2D eigenvalue weighted by Gasteiger charge is -1.99. The molecule has 0 saturated carbocycles. The molecular formula is C10H14N2O2. The molecule has 1 aromatic carbocycles. The Morgan fingerprint density at radius 2 is 1.93 bits per heavy atom. The first-order chi connectivity index (χ1) is 6.79. The topological polar surface area (TPSA) is 55.2 Å². The van der Waals surface area contributed by atoms with Crippen LogP contribution >= 0.6 is 0 Å². The number of rotatable bonds is 6. The predicted octanol–water partition coefficient (Wildman–Crippen LogP) is 1.79. The van der Waals surface area contributed by atoms with Crippen LogP contribution in [0.15, 0.2) is 30.3 Å². The second kappa shape index (κ2) is 5.96. The van der Waals surface area contributed by atoms with Gasteiger partial charge < -0.3 is 0 Å². The molecule has 1 aromatic rings. The fourth-order valence-electron chi connectivity index (χ4n) is 1.27. The molecule has 0 spiro atoms. The molecule has 4 nitrogen and oxygen atoms in total. The highest BCUT2D eigenvalue weighted by molar-refractivity contribution is 5.14. The van der Waals surface area contributed by atoms with Crippen molar-refractivity contribution in [2.24, 2.45) is 0 Å². The van der Waals surface area contributed by atoms with Gasteiger partial charge in [0.2, 0.25) is 0 Å². The monoisotopic (exact) mass is 194 g/mol. The lowest BCUT2D eigenvalue weighted by atomic mass is 10.1. The van der Waals surface area contributed by atoms with Crippen molar-refractivity contribution in [3.8, 4) is 0 Å². The summed E-state index contributed by atoms with van der Waals surface area (Å²) >= 11 is 0. The molecule has 0 amide bonds. The van der Waals surface area contributed by atoms with Crippen molar-refractivity contribution in [1.29, 1.82) is 0 Å². The number of nitrogens with one attached hydrogen (secondary N) is 1. The third-order valence-corrected chi connectivity index (χ3v) is 1.98. The molecule has 0 aliphatic carbocycles. The Balaban J connectivity index is 2.08. The van der Waals surface area contributed by atoms with Crippen LogP contribution in [0, 0.1) is 10.1 Å². The second-order valence-electron chi connectivity index (χ2n) is 3.11. The number of nitro groups is 1. The normalized spacial score (nSPS) is 9.71. The minimum Gasteiger partial charge on any atom is -0.235 e. The number of benzene rings is 1. The van der Waals surface area contributed by atoms with Gasteiger partial charge in [0, 0.05) is 0 Å². The van der Waals surface area contributed by atoms with E-state index in [1.165, 1.54) is 5.56 Å². The molecule has 1 N–H and O–H groups in total. The average molecular weight is 194 g/mol. The largest absolute Gasteiger partial charge is 0.235 e. The van der Waals surface area contributed by atoms with Crippen LogP contribution in [0.1, 0.15) is 18.4 Å². The first-order valence-corrected chi connectivity index (χ1v) is 4.71. The quantitative estimate of drug-likeness (QED) is 0.426. The van der Waals surface area contributed by atoms with Gasteiger partial charge in [-0.05, 0) is 24.8 Å². The summed E-state index contributed by atoms with van der Waals surface area (Å²) in [5.74, 6) is 0. The molecule has 0 radical (unpaired) electrons. The molecule has 0 heterocycles. The van der Waals surface area contributed by atoms with E-state index >= 15 is 0 Å². The van der Waals surface area contributed by atoms with E-state index in [9.17, 15) is 10.1 Å². The van der Waals surface area contributed by atoms with Crippen LogP contribution in [-0.2, 0) is 6.42 Å². The number of hydrogen-bond donors (Lipinski definition) is 1. The van der Waals surface area contributed by atoms with Gasteiger partial charge in [-0.15, -0.1) is 5.43 Å². The summed E-state index contributed by atoms with van der Waals surface area (Å²) in [4.78, 5) is 9.93. The first kappa shape index (κ1) is 10.5. The Hall–Kier alpha value is -1.58. The fourth-order valence-corrected chi connectivity index (χ4v) is 1.27. The molecule has 76 valence electrons. The molecule has 0 aliphatic rings. The van der Waals surface area contributed by atoms with Crippen LogP contribution in [-0.4, -0.2) is 11.6 Å². The van der Waals surface area contributed by atoms with Crippen molar-refractivity contribution in [2.45, 2.75) is 19.3 Å².